The molecule has 9 nitrogen and oxygen atoms in total. The van der Waals surface area contributed by atoms with Gasteiger partial charge in [0.05, 0.1) is 12.7 Å². The van der Waals surface area contributed by atoms with Crippen molar-refractivity contribution in [3.63, 3.8) is 0 Å². The van der Waals surface area contributed by atoms with E-state index in [0.29, 0.717) is 30.5 Å². The predicted octanol–water partition coefficient (Wildman–Crippen LogP) is 2.64. The van der Waals surface area contributed by atoms with Gasteiger partial charge >= 0.3 is 6.03 Å². The quantitative estimate of drug-likeness (QED) is 0.687. The first-order chi connectivity index (χ1) is 13.1. The minimum absolute atomic E-state index is 0.202. The van der Waals surface area contributed by atoms with Gasteiger partial charge < -0.3 is 14.7 Å². The molecule has 9 heteroatoms. The van der Waals surface area contributed by atoms with E-state index in [1.54, 1.807) is 30.3 Å². The number of amides is 2. The summed E-state index contributed by atoms with van der Waals surface area (Å²) in [6.07, 6.45) is 5.38. The fourth-order valence-electron chi connectivity index (χ4n) is 2.56. The Labute approximate surface area is 157 Å². The third kappa shape index (κ3) is 4.49. The van der Waals surface area contributed by atoms with Gasteiger partial charge in [0.2, 0.25) is 11.7 Å². The van der Waals surface area contributed by atoms with Crippen LogP contribution in [0.4, 0.5) is 4.79 Å². The summed E-state index contributed by atoms with van der Waals surface area (Å²) in [6.45, 7) is 7.60. The van der Waals surface area contributed by atoms with Crippen LogP contribution in [-0.2, 0) is 13.1 Å². The maximum absolute atomic E-state index is 12.6. The van der Waals surface area contributed by atoms with E-state index in [0.717, 1.165) is 12.1 Å². The van der Waals surface area contributed by atoms with Crippen molar-refractivity contribution < 1.29 is 9.32 Å². The Morgan fingerprint density at radius 2 is 2.22 bits per heavy atom. The van der Waals surface area contributed by atoms with E-state index in [4.69, 9.17) is 4.52 Å². The summed E-state index contributed by atoms with van der Waals surface area (Å²) in [5, 5.41) is 11.1. The van der Waals surface area contributed by atoms with Gasteiger partial charge in [0.25, 0.3) is 0 Å². The number of hydrogen-bond donors (Lipinski definition) is 1. The highest BCUT2D eigenvalue weighted by Gasteiger charge is 2.21. The zero-order chi connectivity index (χ0) is 19.2. The van der Waals surface area contributed by atoms with E-state index in [-0.39, 0.29) is 6.03 Å². The number of aromatic nitrogens is 5. The third-order valence-corrected chi connectivity index (χ3v) is 4.10. The Morgan fingerprint density at radius 1 is 1.37 bits per heavy atom. The van der Waals surface area contributed by atoms with Crippen LogP contribution in [0.3, 0.4) is 0 Å². The van der Waals surface area contributed by atoms with E-state index in [2.05, 4.69) is 25.5 Å². The maximum atomic E-state index is 12.6. The lowest BCUT2D eigenvalue weighted by atomic mass is 10.3. The monoisotopic (exact) mass is 369 g/mol. The second-order valence-corrected chi connectivity index (χ2v) is 6.06. The Kier molecular flexibility index (Phi) is 5.80. The molecule has 3 aromatic rings. The molecule has 0 aromatic carbocycles. The number of nitrogens with zero attached hydrogens (tertiary/aromatic N) is 6. The molecule has 3 rings (SSSR count). The van der Waals surface area contributed by atoms with Crippen molar-refractivity contribution in [2.24, 2.45) is 0 Å². The number of nitrogens with one attached hydrogen (secondary N) is 1. The molecule has 142 valence electrons. The Morgan fingerprint density at radius 3 is 2.89 bits per heavy atom. The number of hydrogen-bond acceptors (Lipinski definition) is 6. The molecule has 1 N–H and O–H groups in total. The molecule has 3 aromatic heterocycles. The van der Waals surface area contributed by atoms with Crippen molar-refractivity contribution in [2.75, 3.05) is 6.54 Å². The van der Waals surface area contributed by atoms with E-state index in [9.17, 15) is 4.79 Å². The van der Waals surface area contributed by atoms with Gasteiger partial charge in [-0.25, -0.2) is 4.79 Å². The molecule has 27 heavy (non-hydrogen) atoms. The molecule has 0 spiro atoms. The summed E-state index contributed by atoms with van der Waals surface area (Å²) >= 11 is 0. The molecular weight excluding hydrogens is 346 g/mol. The van der Waals surface area contributed by atoms with Gasteiger partial charge in [0, 0.05) is 31.0 Å². The second-order valence-electron chi connectivity index (χ2n) is 6.06. The van der Waals surface area contributed by atoms with Gasteiger partial charge in [-0.1, -0.05) is 11.2 Å². The first-order valence-electron chi connectivity index (χ1n) is 8.92. The Bertz CT molecular complexity index is 875. The van der Waals surface area contributed by atoms with Gasteiger partial charge in [-0.15, -0.1) is 0 Å². The van der Waals surface area contributed by atoms with Crippen molar-refractivity contribution in [1.29, 1.82) is 0 Å². The topological polar surface area (TPSA) is 102 Å². The van der Waals surface area contributed by atoms with Crippen LogP contribution in [0, 0.1) is 0 Å². The molecule has 0 aliphatic heterocycles. The van der Waals surface area contributed by atoms with Gasteiger partial charge in [0.15, 0.2) is 0 Å². The summed E-state index contributed by atoms with van der Waals surface area (Å²) in [4.78, 5) is 22.8. The molecular formula is C18H23N7O2. The summed E-state index contributed by atoms with van der Waals surface area (Å²) in [5.41, 5.74) is 1.60. The molecule has 2 amide bonds. The standard InChI is InChI=1S/C18H23N7O2/c1-4-24(11-14-10-20-25(5-2)12-14)18(26)21-13(3)17-22-16(23-27-17)15-8-6-7-9-19-15/h6-10,12-13H,4-5,11H2,1-3H3,(H,21,26)/t13-/m0/s1. The van der Waals surface area contributed by atoms with Crippen LogP contribution in [0.1, 0.15) is 38.3 Å². The molecule has 3 heterocycles. The average molecular weight is 369 g/mol. The van der Waals surface area contributed by atoms with Crippen molar-refractivity contribution in [3.05, 3.63) is 48.2 Å². The molecule has 0 aliphatic rings. The highest BCUT2D eigenvalue weighted by Crippen LogP contribution is 2.16. The molecule has 1 atom stereocenters. The Balaban J connectivity index is 1.63. The average Bonchev–Trinajstić information content (AvgIpc) is 3.36. The highest BCUT2D eigenvalue weighted by atomic mass is 16.5. The number of carbonyl (C=O) groups is 1. The number of pyridine rings is 1. The molecule has 0 unspecified atom stereocenters. The van der Waals surface area contributed by atoms with Crippen molar-refractivity contribution in [1.82, 2.24) is 35.1 Å². The molecule has 0 aliphatic carbocycles. The maximum Gasteiger partial charge on any atom is 0.318 e. The summed E-state index contributed by atoms with van der Waals surface area (Å²) in [5.74, 6) is 0.727. The largest absolute Gasteiger partial charge is 0.337 e. The minimum atomic E-state index is -0.421. The van der Waals surface area contributed by atoms with Crippen molar-refractivity contribution in [2.45, 2.75) is 39.9 Å². The highest BCUT2D eigenvalue weighted by molar-refractivity contribution is 5.74. The number of rotatable bonds is 7. The summed E-state index contributed by atoms with van der Waals surface area (Å²) in [6, 6.07) is 4.84. The summed E-state index contributed by atoms with van der Waals surface area (Å²) in [7, 11) is 0. The van der Waals surface area contributed by atoms with Crippen LogP contribution < -0.4 is 5.32 Å². The summed E-state index contributed by atoms with van der Waals surface area (Å²) < 4.78 is 7.12. The minimum Gasteiger partial charge on any atom is -0.337 e. The molecule has 0 radical (unpaired) electrons. The lowest BCUT2D eigenvalue weighted by Gasteiger charge is -2.22. The SMILES string of the molecule is CCN(Cc1cnn(CC)c1)C(=O)N[C@@H](C)c1nc(-c2ccccn2)no1. The van der Waals surface area contributed by atoms with Crippen LogP contribution in [0.25, 0.3) is 11.5 Å². The van der Waals surface area contributed by atoms with Crippen LogP contribution in [0.15, 0.2) is 41.3 Å². The van der Waals surface area contributed by atoms with Crippen LogP contribution in [-0.4, -0.2) is 42.4 Å². The normalized spacial score (nSPS) is 12.0. The molecule has 0 fully saturated rings. The number of urea groups is 1. The van der Waals surface area contributed by atoms with Gasteiger partial charge in [-0.3, -0.25) is 9.67 Å². The molecule has 0 saturated carbocycles. The molecule has 0 saturated heterocycles. The number of aryl methyl sites for hydroxylation is 1. The Hall–Kier alpha value is -3.23. The zero-order valence-corrected chi connectivity index (χ0v) is 15.7. The first kappa shape index (κ1) is 18.6. The van der Waals surface area contributed by atoms with E-state index < -0.39 is 6.04 Å². The fraction of sp³-hybridized carbons (Fsp3) is 0.389. The van der Waals surface area contributed by atoms with Gasteiger partial charge in [0.1, 0.15) is 11.7 Å². The van der Waals surface area contributed by atoms with E-state index in [1.807, 2.05) is 36.9 Å². The van der Waals surface area contributed by atoms with Crippen molar-refractivity contribution in [3.8, 4) is 11.5 Å². The van der Waals surface area contributed by atoms with Gasteiger partial charge in [-0.2, -0.15) is 10.1 Å². The van der Waals surface area contributed by atoms with Crippen molar-refractivity contribution >= 4 is 6.03 Å². The fourth-order valence-corrected chi connectivity index (χ4v) is 2.56. The third-order valence-electron chi connectivity index (χ3n) is 4.10. The van der Waals surface area contributed by atoms with E-state index >= 15 is 0 Å². The smallest absolute Gasteiger partial charge is 0.318 e. The van der Waals surface area contributed by atoms with Gasteiger partial charge in [-0.05, 0) is 32.9 Å². The first-order valence-corrected chi connectivity index (χ1v) is 8.92. The van der Waals surface area contributed by atoms with Crippen LogP contribution >= 0.6 is 0 Å². The predicted molar refractivity (Wildman–Crippen MR) is 98.5 cm³/mol. The lowest BCUT2D eigenvalue weighted by molar-refractivity contribution is 0.191. The lowest BCUT2D eigenvalue weighted by Crippen LogP contribution is -2.40. The number of carbonyl (C=O) groups excluding carboxylic acids is 1. The van der Waals surface area contributed by atoms with Crippen LogP contribution in [0.2, 0.25) is 0 Å². The molecule has 0 bridgehead atoms. The van der Waals surface area contributed by atoms with E-state index in [1.165, 1.54) is 0 Å². The zero-order valence-electron chi connectivity index (χ0n) is 15.7. The van der Waals surface area contributed by atoms with Crippen LogP contribution in [0.5, 0.6) is 0 Å². The second kappa shape index (κ2) is 8.43.